The fourth-order valence-electron chi connectivity index (χ4n) is 4.70. The van der Waals surface area contributed by atoms with Crippen LogP contribution in [0.25, 0.3) is 10.2 Å². The zero-order valence-electron chi connectivity index (χ0n) is 16.9. The third-order valence-corrected chi connectivity index (χ3v) is 7.74. The lowest BCUT2D eigenvalue weighted by atomic mass is 9.95. The van der Waals surface area contributed by atoms with Crippen LogP contribution in [0.1, 0.15) is 41.8 Å². The molecule has 1 aromatic heterocycles. The van der Waals surface area contributed by atoms with Crippen LogP contribution >= 0.6 is 11.3 Å². The lowest BCUT2D eigenvalue weighted by Crippen LogP contribution is -2.50. The molecule has 0 aliphatic carbocycles. The summed E-state index contributed by atoms with van der Waals surface area (Å²) in [7, 11) is 0. The van der Waals surface area contributed by atoms with Crippen LogP contribution in [0.15, 0.2) is 48.5 Å². The number of carbonyl (C=O) groups is 1. The second-order valence-corrected chi connectivity index (χ2v) is 9.35. The van der Waals surface area contributed by atoms with Crippen molar-refractivity contribution in [2.24, 2.45) is 0 Å². The lowest BCUT2D eigenvalue weighted by Gasteiger charge is -2.38. The average molecular weight is 406 g/mol. The minimum absolute atomic E-state index is 0.0448. The normalized spacial score (nSPS) is 19.3. The van der Waals surface area contributed by atoms with Gasteiger partial charge in [-0.15, -0.1) is 11.3 Å². The van der Waals surface area contributed by atoms with E-state index in [2.05, 4.69) is 60.4 Å². The van der Waals surface area contributed by atoms with Crippen molar-refractivity contribution in [1.82, 2.24) is 14.8 Å². The molecule has 0 bridgehead atoms. The molecule has 1 fully saturated rings. The molecule has 2 aromatic carbocycles. The molecule has 3 aromatic rings. The second kappa shape index (κ2) is 7.88. The lowest BCUT2D eigenvalue weighted by molar-refractivity contribution is -0.137. The summed E-state index contributed by atoms with van der Waals surface area (Å²) in [4.78, 5) is 22.4. The average Bonchev–Trinajstić information content (AvgIpc) is 3.22. The summed E-state index contributed by atoms with van der Waals surface area (Å²) in [5.41, 5.74) is 3.80. The van der Waals surface area contributed by atoms with Gasteiger partial charge in [-0.3, -0.25) is 9.69 Å². The number of amides is 1. The maximum atomic E-state index is 13.2. The Labute approximate surface area is 176 Å². The van der Waals surface area contributed by atoms with Crippen LogP contribution in [0.2, 0.25) is 0 Å². The van der Waals surface area contributed by atoms with Crippen molar-refractivity contribution in [2.45, 2.75) is 44.7 Å². The Bertz CT molecular complexity index is 989. The molecule has 5 heteroatoms. The molecule has 2 aliphatic heterocycles. The van der Waals surface area contributed by atoms with E-state index in [1.807, 2.05) is 16.2 Å². The Hall–Kier alpha value is -2.24. The Morgan fingerprint density at radius 2 is 1.76 bits per heavy atom. The van der Waals surface area contributed by atoms with Crippen LogP contribution in [0, 0.1) is 0 Å². The van der Waals surface area contributed by atoms with Gasteiger partial charge in [-0.05, 0) is 62.5 Å². The number of thiazole rings is 1. The van der Waals surface area contributed by atoms with Gasteiger partial charge in [-0.1, -0.05) is 36.4 Å². The summed E-state index contributed by atoms with van der Waals surface area (Å²) < 4.78 is 1.28. The van der Waals surface area contributed by atoms with Crippen LogP contribution in [0.3, 0.4) is 0 Å². The minimum Gasteiger partial charge on any atom is -0.337 e. The van der Waals surface area contributed by atoms with E-state index in [9.17, 15) is 4.79 Å². The molecular formula is C24H27N3OS. The molecule has 0 N–H and O–H groups in total. The number of fused-ring (bicyclic) bond motifs is 2. The number of aromatic nitrogens is 1. The van der Waals surface area contributed by atoms with E-state index < -0.39 is 0 Å². The quantitative estimate of drug-likeness (QED) is 0.646. The zero-order valence-corrected chi connectivity index (χ0v) is 17.7. The van der Waals surface area contributed by atoms with E-state index in [0.29, 0.717) is 5.92 Å². The van der Waals surface area contributed by atoms with E-state index in [1.165, 1.54) is 20.8 Å². The van der Waals surface area contributed by atoms with Crippen molar-refractivity contribution in [3.63, 3.8) is 0 Å². The highest BCUT2D eigenvalue weighted by atomic mass is 32.1. The Morgan fingerprint density at radius 3 is 2.55 bits per heavy atom. The first-order chi connectivity index (χ1) is 14.2. The van der Waals surface area contributed by atoms with Crippen LogP contribution in [0.5, 0.6) is 0 Å². The number of nitrogens with zero attached hydrogens (tertiary/aromatic N) is 3. The molecular weight excluding hydrogens is 378 g/mol. The van der Waals surface area contributed by atoms with Crippen LogP contribution in [-0.4, -0.2) is 46.4 Å². The van der Waals surface area contributed by atoms with Gasteiger partial charge in [0.25, 0.3) is 0 Å². The Morgan fingerprint density at radius 1 is 1.03 bits per heavy atom. The van der Waals surface area contributed by atoms with Gasteiger partial charge >= 0.3 is 0 Å². The molecule has 1 atom stereocenters. The SMILES string of the molecule is C[C@H](C(=O)N1CCc2ccccc2C1)N1CCC(c2nc3ccccc3s2)CC1. The summed E-state index contributed by atoms with van der Waals surface area (Å²) in [6.45, 7) is 5.61. The predicted molar refractivity (Wildman–Crippen MR) is 118 cm³/mol. The van der Waals surface area contributed by atoms with Crippen molar-refractivity contribution < 1.29 is 4.79 Å². The van der Waals surface area contributed by atoms with Gasteiger partial charge in [0.1, 0.15) is 0 Å². The molecule has 5 rings (SSSR count). The molecule has 150 valence electrons. The van der Waals surface area contributed by atoms with E-state index in [4.69, 9.17) is 4.98 Å². The molecule has 0 unspecified atom stereocenters. The number of hydrogen-bond acceptors (Lipinski definition) is 4. The Kier molecular flexibility index (Phi) is 5.10. The standard InChI is InChI=1S/C24H27N3OS/c1-17(24(28)27-15-10-18-6-2-3-7-20(18)16-27)26-13-11-19(12-14-26)23-25-21-8-4-5-9-22(21)29-23/h2-9,17,19H,10-16H2,1H3/t17-/m1/s1. The molecule has 29 heavy (non-hydrogen) atoms. The van der Waals surface area contributed by atoms with Crippen LogP contribution in [-0.2, 0) is 17.8 Å². The largest absolute Gasteiger partial charge is 0.337 e. The summed E-state index contributed by atoms with van der Waals surface area (Å²) >= 11 is 1.83. The zero-order chi connectivity index (χ0) is 19.8. The molecule has 4 nitrogen and oxygen atoms in total. The second-order valence-electron chi connectivity index (χ2n) is 8.28. The van der Waals surface area contributed by atoms with E-state index in [-0.39, 0.29) is 11.9 Å². The van der Waals surface area contributed by atoms with Gasteiger partial charge in [0.05, 0.1) is 21.3 Å². The molecule has 3 heterocycles. The number of hydrogen-bond donors (Lipinski definition) is 0. The number of piperidine rings is 1. The molecule has 2 aliphatic rings. The van der Waals surface area contributed by atoms with E-state index in [0.717, 1.165) is 51.0 Å². The molecule has 1 saturated heterocycles. The maximum absolute atomic E-state index is 13.2. The van der Waals surface area contributed by atoms with Crippen molar-refractivity contribution in [3.05, 3.63) is 64.7 Å². The fourth-order valence-corrected chi connectivity index (χ4v) is 5.84. The summed E-state index contributed by atoms with van der Waals surface area (Å²) in [5, 5.41) is 1.26. The van der Waals surface area contributed by atoms with Gasteiger partial charge in [0.15, 0.2) is 0 Å². The minimum atomic E-state index is -0.0448. The first kappa shape index (κ1) is 18.8. The monoisotopic (exact) mass is 405 g/mol. The number of para-hydroxylation sites is 1. The third-order valence-electron chi connectivity index (χ3n) is 6.54. The summed E-state index contributed by atoms with van der Waals surface area (Å²) in [6.07, 6.45) is 3.13. The fraction of sp³-hybridized carbons (Fsp3) is 0.417. The first-order valence-electron chi connectivity index (χ1n) is 10.6. The van der Waals surface area contributed by atoms with Crippen molar-refractivity contribution >= 4 is 27.5 Å². The maximum Gasteiger partial charge on any atom is 0.239 e. The number of likely N-dealkylation sites (tertiary alicyclic amines) is 1. The van der Waals surface area contributed by atoms with Crippen LogP contribution < -0.4 is 0 Å². The smallest absolute Gasteiger partial charge is 0.239 e. The predicted octanol–water partition coefficient (Wildman–Crippen LogP) is 4.45. The van der Waals surface area contributed by atoms with E-state index in [1.54, 1.807) is 0 Å². The number of benzene rings is 2. The highest BCUT2D eigenvalue weighted by Gasteiger charge is 2.32. The Balaban J connectivity index is 1.21. The molecule has 0 radical (unpaired) electrons. The van der Waals surface area contributed by atoms with Gasteiger partial charge in [-0.2, -0.15) is 0 Å². The van der Waals surface area contributed by atoms with E-state index >= 15 is 0 Å². The highest BCUT2D eigenvalue weighted by Crippen LogP contribution is 2.34. The highest BCUT2D eigenvalue weighted by molar-refractivity contribution is 7.18. The molecule has 1 amide bonds. The summed E-state index contributed by atoms with van der Waals surface area (Å²) in [5.74, 6) is 0.797. The molecule has 0 saturated carbocycles. The van der Waals surface area contributed by atoms with Gasteiger partial charge in [-0.25, -0.2) is 4.98 Å². The van der Waals surface area contributed by atoms with Crippen molar-refractivity contribution in [3.8, 4) is 0 Å². The molecule has 0 spiro atoms. The third kappa shape index (κ3) is 3.69. The number of carbonyl (C=O) groups excluding carboxylic acids is 1. The van der Waals surface area contributed by atoms with Crippen molar-refractivity contribution in [2.75, 3.05) is 19.6 Å². The first-order valence-corrected chi connectivity index (χ1v) is 11.5. The van der Waals surface area contributed by atoms with Gasteiger partial charge < -0.3 is 4.90 Å². The number of rotatable bonds is 3. The topological polar surface area (TPSA) is 36.4 Å². The summed E-state index contributed by atoms with van der Waals surface area (Å²) in [6, 6.07) is 16.9. The van der Waals surface area contributed by atoms with Crippen molar-refractivity contribution in [1.29, 1.82) is 0 Å². The van der Waals surface area contributed by atoms with Crippen LogP contribution in [0.4, 0.5) is 0 Å². The van der Waals surface area contributed by atoms with Gasteiger partial charge in [0, 0.05) is 19.0 Å². The van der Waals surface area contributed by atoms with Gasteiger partial charge in [0.2, 0.25) is 5.91 Å².